The molecule has 0 unspecified atom stereocenters. The maximum Gasteiger partial charge on any atom is 0.421 e. The van der Waals surface area contributed by atoms with Crippen LogP contribution >= 0.6 is 11.6 Å². The zero-order valence-corrected chi connectivity index (χ0v) is 14.6. The largest absolute Gasteiger partial charge is 0.421 e. The highest BCUT2D eigenvalue weighted by Crippen LogP contribution is 2.35. The molecule has 3 rings (SSSR count). The predicted octanol–water partition coefficient (Wildman–Crippen LogP) is 5.28. The minimum Gasteiger partial charge on any atom is -0.340 e. The van der Waals surface area contributed by atoms with Gasteiger partial charge < -0.3 is 10.6 Å². The summed E-state index contributed by atoms with van der Waals surface area (Å²) in [5.41, 5.74) is -0.608. The fourth-order valence-corrected chi connectivity index (χ4v) is 2.41. The second-order valence-corrected chi connectivity index (χ2v) is 5.87. The lowest BCUT2D eigenvalue weighted by atomic mass is 10.2. The Bertz CT molecular complexity index is 1010. The van der Waals surface area contributed by atoms with E-state index in [0.717, 1.165) is 6.07 Å². The molecule has 0 aliphatic rings. The molecule has 0 saturated carbocycles. The minimum atomic E-state index is -4.67. The van der Waals surface area contributed by atoms with E-state index in [0.29, 0.717) is 11.9 Å². The Morgan fingerprint density at radius 1 is 1.00 bits per heavy atom. The molecule has 2 N–H and O–H groups in total. The topological polar surface area (TPSA) is 66.9 Å². The van der Waals surface area contributed by atoms with E-state index in [2.05, 4.69) is 20.6 Å². The summed E-state index contributed by atoms with van der Waals surface area (Å²) < 4.78 is 52.8. The van der Waals surface area contributed by atoms with Crippen molar-refractivity contribution in [2.75, 3.05) is 10.6 Å². The van der Waals surface area contributed by atoms with Crippen LogP contribution in [0.1, 0.15) is 15.9 Å². The molecule has 5 nitrogen and oxygen atoms in total. The Morgan fingerprint density at radius 2 is 1.64 bits per heavy atom. The summed E-state index contributed by atoms with van der Waals surface area (Å²) in [6, 6.07) is 11.2. The van der Waals surface area contributed by atoms with Gasteiger partial charge in [-0.1, -0.05) is 12.1 Å². The molecule has 10 heteroatoms. The van der Waals surface area contributed by atoms with Crippen LogP contribution < -0.4 is 10.6 Å². The minimum absolute atomic E-state index is 0.129. The lowest BCUT2D eigenvalue weighted by molar-refractivity contribution is -0.137. The van der Waals surface area contributed by atoms with E-state index in [9.17, 15) is 22.4 Å². The van der Waals surface area contributed by atoms with Crippen molar-refractivity contribution >= 4 is 34.7 Å². The number of rotatable bonds is 4. The van der Waals surface area contributed by atoms with Gasteiger partial charge in [0.2, 0.25) is 5.28 Å². The molecule has 2 aromatic carbocycles. The number of carbonyl (C=O) groups is 1. The van der Waals surface area contributed by atoms with Crippen LogP contribution in [-0.4, -0.2) is 15.9 Å². The van der Waals surface area contributed by atoms with Gasteiger partial charge in [-0.15, -0.1) is 0 Å². The van der Waals surface area contributed by atoms with Crippen LogP contribution in [0.4, 0.5) is 34.8 Å². The second kappa shape index (κ2) is 7.81. The first kappa shape index (κ1) is 19.6. The average molecular weight is 411 g/mol. The number of aromatic nitrogens is 2. The lowest BCUT2D eigenvalue weighted by Crippen LogP contribution is -2.13. The van der Waals surface area contributed by atoms with E-state index < -0.39 is 29.3 Å². The van der Waals surface area contributed by atoms with E-state index in [1.807, 2.05) is 0 Å². The van der Waals surface area contributed by atoms with Crippen molar-refractivity contribution in [3.05, 3.63) is 77.0 Å². The van der Waals surface area contributed by atoms with Gasteiger partial charge in [0.05, 0.1) is 5.56 Å². The van der Waals surface area contributed by atoms with E-state index in [1.165, 1.54) is 42.5 Å². The summed E-state index contributed by atoms with van der Waals surface area (Å²) in [7, 11) is 0. The number of amides is 1. The monoisotopic (exact) mass is 410 g/mol. The summed E-state index contributed by atoms with van der Waals surface area (Å²) >= 11 is 5.58. The van der Waals surface area contributed by atoms with E-state index in [1.54, 1.807) is 0 Å². The molecule has 28 heavy (non-hydrogen) atoms. The normalized spacial score (nSPS) is 11.2. The number of nitrogens with zero attached hydrogens (tertiary/aromatic N) is 2. The molecular formula is C18H11ClF4N4O. The quantitative estimate of drug-likeness (QED) is 0.453. The molecule has 0 aliphatic carbocycles. The van der Waals surface area contributed by atoms with Crippen LogP contribution in [0.3, 0.4) is 0 Å². The Labute approximate surface area is 161 Å². The number of nitrogens with one attached hydrogen (secondary N) is 2. The molecule has 0 atom stereocenters. The van der Waals surface area contributed by atoms with Gasteiger partial charge >= 0.3 is 6.18 Å². The summed E-state index contributed by atoms with van der Waals surface area (Å²) in [6.07, 6.45) is -4.08. The molecule has 0 radical (unpaired) electrons. The Hall–Kier alpha value is -3.20. The summed E-state index contributed by atoms with van der Waals surface area (Å²) in [5, 5.41) is 4.67. The van der Waals surface area contributed by atoms with Gasteiger partial charge in [0.1, 0.15) is 17.2 Å². The molecule has 3 aromatic rings. The van der Waals surface area contributed by atoms with Crippen molar-refractivity contribution in [2.45, 2.75) is 6.18 Å². The highest BCUT2D eigenvalue weighted by molar-refractivity contribution is 6.28. The molecule has 0 spiro atoms. The average Bonchev–Trinajstić information content (AvgIpc) is 2.62. The third-order valence-electron chi connectivity index (χ3n) is 3.59. The molecule has 0 bridgehead atoms. The number of alkyl halides is 3. The van der Waals surface area contributed by atoms with Crippen molar-refractivity contribution in [1.29, 1.82) is 0 Å². The van der Waals surface area contributed by atoms with E-state index in [4.69, 9.17) is 11.6 Å². The maximum atomic E-state index is 13.6. The molecule has 144 valence electrons. The van der Waals surface area contributed by atoms with Gasteiger partial charge in [-0.2, -0.15) is 18.2 Å². The number of halogens is 5. The van der Waals surface area contributed by atoms with Crippen molar-refractivity contribution in [3.63, 3.8) is 0 Å². The smallest absolute Gasteiger partial charge is 0.340 e. The maximum absolute atomic E-state index is 13.6. The molecule has 0 aliphatic heterocycles. The van der Waals surface area contributed by atoms with Crippen molar-refractivity contribution in [3.8, 4) is 0 Å². The standard InChI is InChI=1S/C18H11ClF4N4O/c19-17-24-9-13(18(21,22)23)15(27-17)25-10-5-7-11(8-6-10)26-16(28)12-3-1-2-4-14(12)20/h1-9H,(H,26,28)(H,24,25,27). The third-order valence-corrected chi connectivity index (χ3v) is 3.77. The Balaban J connectivity index is 1.76. The first-order valence-electron chi connectivity index (χ1n) is 7.77. The van der Waals surface area contributed by atoms with Crippen LogP contribution in [-0.2, 0) is 6.18 Å². The van der Waals surface area contributed by atoms with E-state index in [-0.39, 0.29) is 16.5 Å². The van der Waals surface area contributed by atoms with Crippen molar-refractivity contribution < 1.29 is 22.4 Å². The van der Waals surface area contributed by atoms with Crippen molar-refractivity contribution in [1.82, 2.24) is 9.97 Å². The zero-order valence-electron chi connectivity index (χ0n) is 13.9. The van der Waals surface area contributed by atoms with Crippen LogP contribution in [0.5, 0.6) is 0 Å². The molecule has 1 amide bonds. The predicted molar refractivity (Wildman–Crippen MR) is 96.1 cm³/mol. The van der Waals surface area contributed by atoms with Gasteiger partial charge in [0, 0.05) is 17.6 Å². The second-order valence-electron chi connectivity index (χ2n) is 5.54. The van der Waals surface area contributed by atoms with Crippen molar-refractivity contribution in [2.24, 2.45) is 0 Å². The summed E-state index contributed by atoms with van der Waals surface area (Å²) in [6.45, 7) is 0. The SMILES string of the molecule is O=C(Nc1ccc(Nc2nc(Cl)ncc2C(F)(F)F)cc1)c1ccccc1F. The summed E-state index contributed by atoms with van der Waals surface area (Å²) in [5.74, 6) is -1.82. The van der Waals surface area contributed by atoms with E-state index >= 15 is 0 Å². The third kappa shape index (κ3) is 4.55. The number of hydrogen-bond donors (Lipinski definition) is 2. The number of carbonyl (C=O) groups excluding carboxylic acids is 1. The van der Waals surface area contributed by atoms with Crippen LogP contribution in [0.15, 0.2) is 54.7 Å². The number of anilines is 3. The van der Waals surface area contributed by atoms with Crippen LogP contribution in [0.25, 0.3) is 0 Å². The first-order chi connectivity index (χ1) is 13.2. The highest BCUT2D eigenvalue weighted by Gasteiger charge is 2.35. The lowest BCUT2D eigenvalue weighted by Gasteiger charge is -2.13. The first-order valence-corrected chi connectivity index (χ1v) is 8.14. The van der Waals surface area contributed by atoms with Crippen LogP contribution in [0.2, 0.25) is 5.28 Å². The van der Waals surface area contributed by atoms with Gasteiger partial charge in [0.15, 0.2) is 0 Å². The van der Waals surface area contributed by atoms with Gasteiger partial charge in [0.25, 0.3) is 5.91 Å². The molecule has 1 aromatic heterocycles. The molecule has 1 heterocycles. The number of benzene rings is 2. The Morgan fingerprint density at radius 3 is 2.29 bits per heavy atom. The van der Waals surface area contributed by atoms with Gasteiger partial charge in [-0.3, -0.25) is 4.79 Å². The summed E-state index contributed by atoms with van der Waals surface area (Å²) in [4.78, 5) is 19.0. The zero-order chi connectivity index (χ0) is 20.3. The van der Waals surface area contributed by atoms with Gasteiger partial charge in [-0.05, 0) is 48.0 Å². The van der Waals surface area contributed by atoms with Gasteiger partial charge in [-0.25, -0.2) is 9.37 Å². The number of hydrogen-bond acceptors (Lipinski definition) is 4. The molecule has 0 saturated heterocycles. The Kier molecular flexibility index (Phi) is 5.46. The molecule has 0 fully saturated rings. The fourth-order valence-electron chi connectivity index (χ4n) is 2.28. The van der Waals surface area contributed by atoms with Crippen LogP contribution in [0, 0.1) is 5.82 Å². The fraction of sp³-hybridized carbons (Fsp3) is 0.0556. The highest BCUT2D eigenvalue weighted by atomic mass is 35.5. The molecular weight excluding hydrogens is 400 g/mol.